The van der Waals surface area contributed by atoms with Crippen molar-refractivity contribution in [2.75, 3.05) is 6.61 Å². The summed E-state index contributed by atoms with van der Waals surface area (Å²) in [5.41, 5.74) is 0.820. The average Bonchev–Trinajstić information content (AvgIpc) is 2.92. The Kier molecular flexibility index (Phi) is 9.44. The van der Waals surface area contributed by atoms with Gasteiger partial charge >= 0.3 is 5.69 Å². The number of nitro benzene ring substituents is 1. The van der Waals surface area contributed by atoms with E-state index < -0.39 is 4.92 Å². The highest BCUT2D eigenvalue weighted by Gasteiger charge is 2.23. The number of hydrogen-bond acceptors (Lipinski definition) is 7. The van der Waals surface area contributed by atoms with Crippen molar-refractivity contribution in [1.82, 2.24) is 9.66 Å². The summed E-state index contributed by atoms with van der Waals surface area (Å²) in [5.74, 6) is 0.516. The number of aromatic nitrogens is 2. The molecular weight excluding hydrogens is 623 g/mol. The van der Waals surface area contributed by atoms with Crippen molar-refractivity contribution in [3.63, 3.8) is 0 Å². The van der Waals surface area contributed by atoms with E-state index in [0.29, 0.717) is 37.9 Å². The molecule has 208 valence electrons. The van der Waals surface area contributed by atoms with Crippen LogP contribution >= 0.6 is 39.1 Å². The van der Waals surface area contributed by atoms with Gasteiger partial charge in [-0.1, -0.05) is 59.0 Å². The Labute approximate surface area is 248 Å². The molecular formula is C28H25BrCl2N4O5. The molecule has 1 heterocycles. The minimum Gasteiger partial charge on any atom is -0.490 e. The van der Waals surface area contributed by atoms with E-state index in [1.54, 1.807) is 43.3 Å². The fourth-order valence-corrected chi connectivity index (χ4v) is 4.74. The fourth-order valence-electron chi connectivity index (χ4n) is 3.92. The van der Waals surface area contributed by atoms with Gasteiger partial charge in [0.05, 0.1) is 28.6 Å². The third-order valence-corrected chi connectivity index (χ3v) is 7.23. The lowest BCUT2D eigenvalue weighted by Gasteiger charge is -2.15. The van der Waals surface area contributed by atoms with Crippen molar-refractivity contribution in [1.29, 1.82) is 0 Å². The Balaban J connectivity index is 1.78. The summed E-state index contributed by atoms with van der Waals surface area (Å²) < 4.78 is 13.5. The SMILES string of the molecule is CCOc1cc(C=Nn2c([C@H](C)CC)nc3ccc(Br)cc3c2=O)cc([N+](=O)[O-])c1OCc1ccc(Cl)cc1Cl. The van der Waals surface area contributed by atoms with Gasteiger partial charge in [0.2, 0.25) is 5.75 Å². The van der Waals surface area contributed by atoms with Gasteiger partial charge in [-0.3, -0.25) is 14.9 Å². The maximum atomic E-state index is 13.4. The summed E-state index contributed by atoms with van der Waals surface area (Å²) in [7, 11) is 0. The van der Waals surface area contributed by atoms with Crippen LogP contribution in [0, 0.1) is 10.1 Å². The van der Waals surface area contributed by atoms with Gasteiger partial charge in [0, 0.05) is 37.6 Å². The van der Waals surface area contributed by atoms with Gasteiger partial charge in [-0.15, -0.1) is 0 Å². The lowest BCUT2D eigenvalue weighted by Crippen LogP contribution is -2.23. The van der Waals surface area contributed by atoms with Crippen LogP contribution in [-0.2, 0) is 6.61 Å². The van der Waals surface area contributed by atoms with E-state index >= 15 is 0 Å². The van der Waals surface area contributed by atoms with Gasteiger partial charge in [0.25, 0.3) is 5.56 Å². The second kappa shape index (κ2) is 12.8. The predicted octanol–water partition coefficient (Wildman–Crippen LogP) is 7.75. The molecule has 0 saturated carbocycles. The van der Waals surface area contributed by atoms with Crippen LogP contribution < -0.4 is 15.0 Å². The molecule has 9 nitrogen and oxygen atoms in total. The van der Waals surface area contributed by atoms with E-state index in [1.807, 2.05) is 19.9 Å². The highest BCUT2D eigenvalue weighted by atomic mass is 79.9. The molecule has 0 fully saturated rings. The third kappa shape index (κ3) is 6.46. The second-order valence-electron chi connectivity index (χ2n) is 8.88. The molecule has 0 aliphatic rings. The van der Waals surface area contributed by atoms with Crippen LogP contribution in [0.25, 0.3) is 10.9 Å². The average molecular weight is 648 g/mol. The van der Waals surface area contributed by atoms with Crippen molar-refractivity contribution in [3.05, 3.63) is 100 Å². The highest BCUT2D eigenvalue weighted by molar-refractivity contribution is 9.10. The number of rotatable bonds is 10. The summed E-state index contributed by atoms with van der Waals surface area (Å²) in [6, 6.07) is 13.1. The minimum absolute atomic E-state index is 0.0453. The van der Waals surface area contributed by atoms with E-state index in [0.717, 1.165) is 10.9 Å². The molecule has 0 bridgehead atoms. The maximum absolute atomic E-state index is 13.4. The lowest BCUT2D eigenvalue weighted by atomic mass is 10.1. The highest BCUT2D eigenvalue weighted by Crippen LogP contribution is 2.39. The first-order valence-electron chi connectivity index (χ1n) is 12.4. The van der Waals surface area contributed by atoms with Crippen molar-refractivity contribution in [3.8, 4) is 11.5 Å². The van der Waals surface area contributed by atoms with Gasteiger partial charge in [-0.05, 0) is 49.7 Å². The predicted molar refractivity (Wildman–Crippen MR) is 160 cm³/mol. The quantitative estimate of drug-likeness (QED) is 0.0989. The first-order valence-corrected chi connectivity index (χ1v) is 14.0. The molecule has 0 unspecified atom stereocenters. The summed E-state index contributed by atoms with van der Waals surface area (Å²) in [5, 5.41) is 17.7. The van der Waals surface area contributed by atoms with Crippen molar-refractivity contribution in [2.45, 2.75) is 39.7 Å². The molecule has 40 heavy (non-hydrogen) atoms. The maximum Gasteiger partial charge on any atom is 0.315 e. The monoisotopic (exact) mass is 646 g/mol. The summed E-state index contributed by atoms with van der Waals surface area (Å²) in [6.07, 6.45) is 2.10. The Morgan fingerprint density at radius 2 is 1.93 bits per heavy atom. The molecule has 3 aromatic carbocycles. The molecule has 12 heteroatoms. The van der Waals surface area contributed by atoms with Crippen LogP contribution in [0.4, 0.5) is 5.69 Å². The van der Waals surface area contributed by atoms with Crippen LogP contribution in [0.2, 0.25) is 10.0 Å². The van der Waals surface area contributed by atoms with Crippen LogP contribution in [0.1, 0.15) is 50.1 Å². The van der Waals surface area contributed by atoms with Crippen LogP contribution in [0.5, 0.6) is 11.5 Å². The Hall–Kier alpha value is -3.47. The van der Waals surface area contributed by atoms with Crippen LogP contribution in [-0.4, -0.2) is 27.4 Å². The molecule has 0 N–H and O–H groups in total. The molecule has 0 aliphatic carbocycles. The molecule has 0 saturated heterocycles. The van der Waals surface area contributed by atoms with Gasteiger partial charge in [-0.2, -0.15) is 9.78 Å². The van der Waals surface area contributed by atoms with E-state index in [4.69, 9.17) is 32.7 Å². The zero-order valence-electron chi connectivity index (χ0n) is 21.9. The standard InChI is InChI=1S/C28H25BrCl2N4O5/c1-4-16(3)27-33-23-9-7-19(29)12-21(23)28(36)34(27)32-14-17-10-24(35(37)38)26(25(11-17)39-5-2)40-15-18-6-8-20(30)13-22(18)31/h6-14,16H,4-5,15H2,1-3H3/t16-/m1/s1. The number of halogens is 3. The fraction of sp³-hybridized carbons (Fsp3) is 0.250. The Morgan fingerprint density at radius 3 is 2.60 bits per heavy atom. The Morgan fingerprint density at radius 1 is 1.15 bits per heavy atom. The molecule has 1 atom stereocenters. The first kappa shape index (κ1) is 29.5. The minimum atomic E-state index is -0.565. The van der Waals surface area contributed by atoms with Gasteiger partial charge in [0.1, 0.15) is 12.4 Å². The molecule has 1 aromatic heterocycles. The molecule has 0 radical (unpaired) electrons. The molecule has 4 aromatic rings. The number of ether oxygens (including phenoxy) is 2. The summed E-state index contributed by atoms with van der Waals surface area (Å²) in [6.45, 7) is 5.89. The van der Waals surface area contributed by atoms with Gasteiger partial charge in [0.15, 0.2) is 5.75 Å². The van der Waals surface area contributed by atoms with Crippen molar-refractivity contribution < 1.29 is 14.4 Å². The van der Waals surface area contributed by atoms with E-state index in [-0.39, 0.29) is 41.9 Å². The number of benzene rings is 3. The lowest BCUT2D eigenvalue weighted by molar-refractivity contribution is -0.386. The number of fused-ring (bicyclic) bond motifs is 1. The van der Waals surface area contributed by atoms with E-state index in [1.165, 1.54) is 17.0 Å². The normalized spacial score (nSPS) is 12.2. The van der Waals surface area contributed by atoms with Crippen molar-refractivity contribution >= 4 is 61.9 Å². The topological polar surface area (TPSA) is 109 Å². The molecule has 0 aliphatic heterocycles. The zero-order chi connectivity index (χ0) is 29.0. The Bertz CT molecular complexity index is 1680. The van der Waals surface area contributed by atoms with Gasteiger partial charge in [-0.25, -0.2) is 4.98 Å². The van der Waals surface area contributed by atoms with Crippen LogP contribution in [0.15, 0.2) is 62.9 Å². The third-order valence-electron chi connectivity index (χ3n) is 6.15. The summed E-state index contributed by atoms with van der Waals surface area (Å²) >= 11 is 15.6. The number of hydrogen-bond donors (Lipinski definition) is 0. The van der Waals surface area contributed by atoms with E-state index in [2.05, 4.69) is 26.0 Å². The first-order chi connectivity index (χ1) is 19.1. The largest absolute Gasteiger partial charge is 0.490 e. The zero-order valence-corrected chi connectivity index (χ0v) is 25.0. The smallest absolute Gasteiger partial charge is 0.315 e. The van der Waals surface area contributed by atoms with E-state index in [9.17, 15) is 14.9 Å². The summed E-state index contributed by atoms with van der Waals surface area (Å²) in [4.78, 5) is 29.6. The molecule has 0 amide bonds. The second-order valence-corrected chi connectivity index (χ2v) is 10.6. The molecule has 0 spiro atoms. The molecule has 4 rings (SSSR count). The van der Waals surface area contributed by atoms with Gasteiger partial charge < -0.3 is 9.47 Å². The van der Waals surface area contributed by atoms with Crippen LogP contribution in [0.3, 0.4) is 0 Å². The number of nitrogens with zero attached hydrogens (tertiary/aromatic N) is 4. The number of nitro groups is 1. The van der Waals surface area contributed by atoms with Crippen molar-refractivity contribution in [2.24, 2.45) is 5.10 Å².